The van der Waals surface area contributed by atoms with Crippen molar-refractivity contribution in [2.45, 2.75) is 11.8 Å². The summed E-state index contributed by atoms with van der Waals surface area (Å²) in [6, 6.07) is 7.97. The number of hydrogen-bond donors (Lipinski definition) is 1. The van der Waals surface area contributed by atoms with E-state index in [0.717, 1.165) is 15.1 Å². The first-order valence-electron chi connectivity index (χ1n) is 6.73. The molecule has 0 aliphatic rings. The van der Waals surface area contributed by atoms with Crippen LogP contribution in [0.3, 0.4) is 0 Å². The molecule has 118 valence electrons. The molecule has 22 heavy (non-hydrogen) atoms. The molecular formula is C16H18BrNO3S. The van der Waals surface area contributed by atoms with Gasteiger partial charge in [0, 0.05) is 27.7 Å². The summed E-state index contributed by atoms with van der Waals surface area (Å²) in [6.07, 6.45) is 6.34. The lowest BCUT2D eigenvalue weighted by atomic mass is 10.4. The molecule has 0 bridgehead atoms. The third-order valence-electron chi connectivity index (χ3n) is 2.39. The molecule has 0 aliphatic heterocycles. The lowest BCUT2D eigenvalue weighted by Gasteiger charge is -2.05. The van der Waals surface area contributed by atoms with E-state index in [2.05, 4.69) is 21.2 Å². The van der Waals surface area contributed by atoms with Crippen molar-refractivity contribution in [2.75, 3.05) is 18.9 Å². The molecule has 0 saturated heterocycles. The molecule has 1 amide bonds. The Balaban J connectivity index is 2.13. The molecule has 1 rings (SSSR count). The Kier molecular flexibility index (Phi) is 9.34. The van der Waals surface area contributed by atoms with Gasteiger partial charge in [-0.3, -0.25) is 4.79 Å². The van der Waals surface area contributed by atoms with Gasteiger partial charge < -0.3 is 10.1 Å². The predicted molar refractivity (Wildman–Crippen MR) is 92.8 cm³/mol. The fraction of sp³-hybridized carbons (Fsp3) is 0.250. The SMILES string of the molecule is C/C=C/C=C/C(=O)OCC(=O)NCCSc1ccc(Br)cc1. The second kappa shape index (κ2) is 11.1. The van der Waals surface area contributed by atoms with Crippen LogP contribution < -0.4 is 5.32 Å². The van der Waals surface area contributed by atoms with E-state index in [9.17, 15) is 9.59 Å². The Morgan fingerprint density at radius 2 is 2.00 bits per heavy atom. The van der Waals surface area contributed by atoms with Gasteiger partial charge in [-0.25, -0.2) is 4.79 Å². The topological polar surface area (TPSA) is 55.4 Å². The van der Waals surface area contributed by atoms with Crippen LogP contribution in [-0.2, 0) is 14.3 Å². The van der Waals surface area contributed by atoms with E-state index in [1.807, 2.05) is 31.2 Å². The van der Waals surface area contributed by atoms with Crippen LogP contribution in [0.5, 0.6) is 0 Å². The number of nitrogens with one attached hydrogen (secondary N) is 1. The van der Waals surface area contributed by atoms with Gasteiger partial charge in [0.2, 0.25) is 0 Å². The standard InChI is InChI=1S/C16H18BrNO3S/c1-2-3-4-5-16(20)21-12-15(19)18-10-11-22-14-8-6-13(17)7-9-14/h2-9H,10-12H2,1H3,(H,18,19)/b3-2+,5-4+. The maximum absolute atomic E-state index is 11.5. The maximum Gasteiger partial charge on any atom is 0.331 e. The number of ether oxygens (including phenoxy) is 1. The molecule has 0 aromatic heterocycles. The maximum atomic E-state index is 11.5. The molecule has 0 saturated carbocycles. The quantitative estimate of drug-likeness (QED) is 0.246. The van der Waals surface area contributed by atoms with Gasteiger partial charge >= 0.3 is 5.97 Å². The molecule has 0 aliphatic carbocycles. The number of allylic oxidation sites excluding steroid dienone is 3. The molecule has 1 N–H and O–H groups in total. The number of halogens is 1. The van der Waals surface area contributed by atoms with E-state index in [1.165, 1.54) is 6.08 Å². The second-order valence-electron chi connectivity index (χ2n) is 4.14. The summed E-state index contributed by atoms with van der Waals surface area (Å²) in [5.41, 5.74) is 0. The van der Waals surface area contributed by atoms with Gasteiger partial charge in [0.1, 0.15) is 0 Å². The molecule has 4 nitrogen and oxygen atoms in total. The van der Waals surface area contributed by atoms with Crippen LogP contribution in [0.2, 0.25) is 0 Å². The van der Waals surface area contributed by atoms with E-state index in [1.54, 1.807) is 30.0 Å². The molecule has 1 aromatic rings. The van der Waals surface area contributed by atoms with Crippen molar-refractivity contribution >= 4 is 39.6 Å². The second-order valence-corrected chi connectivity index (χ2v) is 6.23. The zero-order chi connectivity index (χ0) is 16.2. The summed E-state index contributed by atoms with van der Waals surface area (Å²) in [5.74, 6) is -0.0793. The van der Waals surface area contributed by atoms with E-state index >= 15 is 0 Å². The number of hydrogen-bond acceptors (Lipinski definition) is 4. The summed E-state index contributed by atoms with van der Waals surface area (Å²) in [7, 11) is 0. The fourth-order valence-corrected chi connectivity index (χ4v) is 2.40. The van der Waals surface area contributed by atoms with E-state index < -0.39 is 5.97 Å². The molecule has 0 atom stereocenters. The largest absolute Gasteiger partial charge is 0.452 e. The Labute approximate surface area is 143 Å². The number of esters is 1. The monoisotopic (exact) mass is 383 g/mol. The van der Waals surface area contributed by atoms with Gasteiger partial charge in [0.15, 0.2) is 6.61 Å². The van der Waals surface area contributed by atoms with Gasteiger partial charge in [-0.2, -0.15) is 0 Å². The minimum Gasteiger partial charge on any atom is -0.452 e. The van der Waals surface area contributed by atoms with Gasteiger partial charge in [-0.1, -0.05) is 34.2 Å². The van der Waals surface area contributed by atoms with Crippen LogP contribution >= 0.6 is 27.7 Å². The van der Waals surface area contributed by atoms with Crippen LogP contribution in [0, 0.1) is 0 Å². The first kappa shape index (κ1) is 18.5. The Hall–Kier alpha value is -1.53. The first-order valence-corrected chi connectivity index (χ1v) is 8.51. The third-order valence-corrected chi connectivity index (χ3v) is 3.93. The van der Waals surface area contributed by atoms with Crippen LogP contribution in [0.15, 0.2) is 57.9 Å². The van der Waals surface area contributed by atoms with Crippen LogP contribution in [0.1, 0.15) is 6.92 Å². The summed E-state index contributed by atoms with van der Waals surface area (Å²) in [5, 5.41) is 2.70. The number of amides is 1. The first-order chi connectivity index (χ1) is 10.6. The molecular weight excluding hydrogens is 366 g/mol. The number of rotatable bonds is 8. The molecule has 0 radical (unpaired) electrons. The average Bonchev–Trinajstić information content (AvgIpc) is 2.51. The number of carbonyl (C=O) groups is 2. The molecule has 0 fully saturated rings. The van der Waals surface area contributed by atoms with Crippen LogP contribution in [0.25, 0.3) is 0 Å². The highest BCUT2D eigenvalue weighted by Gasteiger charge is 2.04. The zero-order valence-corrected chi connectivity index (χ0v) is 14.7. The van der Waals surface area contributed by atoms with Gasteiger partial charge in [-0.05, 0) is 31.2 Å². The highest BCUT2D eigenvalue weighted by molar-refractivity contribution is 9.10. The smallest absolute Gasteiger partial charge is 0.331 e. The van der Waals surface area contributed by atoms with Crippen LogP contribution in [0.4, 0.5) is 0 Å². The van der Waals surface area contributed by atoms with Crippen molar-refractivity contribution in [3.63, 3.8) is 0 Å². The number of benzene rings is 1. The predicted octanol–water partition coefficient (Wildman–Crippen LogP) is 3.33. The lowest BCUT2D eigenvalue weighted by Crippen LogP contribution is -2.30. The summed E-state index contributed by atoms with van der Waals surface area (Å²) in [6.45, 7) is 2.10. The molecule has 6 heteroatoms. The average molecular weight is 384 g/mol. The number of carbonyl (C=O) groups excluding carboxylic acids is 2. The van der Waals surface area contributed by atoms with Crippen molar-refractivity contribution in [1.29, 1.82) is 0 Å². The summed E-state index contributed by atoms with van der Waals surface area (Å²) >= 11 is 5.03. The lowest BCUT2D eigenvalue weighted by molar-refractivity contribution is -0.143. The molecule has 0 unspecified atom stereocenters. The van der Waals surface area contributed by atoms with Crippen molar-refractivity contribution in [3.05, 3.63) is 53.0 Å². The summed E-state index contributed by atoms with van der Waals surface area (Å²) < 4.78 is 5.83. The highest BCUT2D eigenvalue weighted by Crippen LogP contribution is 2.19. The van der Waals surface area contributed by atoms with E-state index in [4.69, 9.17) is 4.74 Å². The summed E-state index contributed by atoms with van der Waals surface area (Å²) in [4.78, 5) is 23.9. The Morgan fingerprint density at radius 3 is 2.68 bits per heavy atom. The van der Waals surface area contributed by atoms with Crippen molar-refractivity contribution in [3.8, 4) is 0 Å². The Bertz CT molecular complexity index is 541. The number of thioether (sulfide) groups is 1. The minimum atomic E-state index is -0.530. The van der Waals surface area contributed by atoms with Crippen molar-refractivity contribution < 1.29 is 14.3 Å². The normalized spacial score (nSPS) is 11.0. The molecule has 0 spiro atoms. The van der Waals surface area contributed by atoms with Crippen molar-refractivity contribution in [1.82, 2.24) is 5.32 Å². The Morgan fingerprint density at radius 1 is 1.27 bits per heavy atom. The van der Waals surface area contributed by atoms with E-state index in [0.29, 0.717) is 6.54 Å². The third kappa shape index (κ3) is 8.69. The highest BCUT2D eigenvalue weighted by atomic mass is 79.9. The molecule has 1 aromatic carbocycles. The van der Waals surface area contributed by atoms with Gasteiger partial charge in [-0.15, -0.1) is 11.8 Å². The van der Waals surface area contributed by atoms with Gasteiger partial charge in [0.25, 0.3) is 5.91 Å². The zero-order valence-electron chi connectivity index (χ0n) is 12.3. The minimum absolute atomic E-state index is 0.262. The van der Waals surface area contributed by atoms with Crippen molar-refractivity contribution in [2.24, 2.45) is 0 Å². The fourth-order valence-electron chi connectivity index (χ4n) is 1.37. The van der Waals surface area contributed by atoms with Gasteiger partial charge in [0.05, 0.1) is 0 Å². The molecule has 0 heterocycles. The van der Waals surface area contributed by atoms with Crippen LogP contribution in [-0.4, -0.2) is 30.8 Å². The van der Waals surface area contributed by atoms with E-state index in [-0.39, 0.29) is 12.5 Å².